The standard InChI is InChI=1S/C11H15NO5S2/c1-3-4-19(17)11-7(10(15)16)12-8(14)6(5(2)13)9(12)18-11/h5-6,9,13H,3-4H2,1-2H3,(H,15,16)/t5?,6-,9+,19?/m1/s1. The number of aliphatic hydroxyl groups excluding tert-OH is 1. The van der Waals surface area contributed by atoms with Crippen molar-refractivity contribution in [3.63, 3.8) is 0 Å². The molecule has 2 heterocycles. The Morgan fingerprint density at radius 2 is 2.21 bits per heavy atom. The molecule has 0 aromatic carbocycles. The van der Waals surface area contributed by atoms with Gasteiger partial charge >= 0.3 is 5.97 Å². The predicted octanol–water partition coefficient (Wildman–Crippen LogP) is 0.311. The predicted molar refractivity (Wildman–Crippen MR) is 71.4 cm³/mol. The van der Waals surface area contributed by atoms with E-state index in [1.807, 2.05) is 6.92 Å². The van der Waals surface area contributed by atoms with Gasteiger partial charge in [0, 0.05) is 5.75 Å². The van der Waals surface area contributed by atoms with Crippen LogP contribution in [-0.2, 0) is 20.4 Å². The topological polar surface area (TPSA) is 94.9 Å². The molecule has 106 valence electrons. The molecule has 0 aromatic rings. The van der Waals surface area contributed by atoms with Crippen molar-refractivity contribution in [3.05, 3.63) is 9.93 Å². The SMILES string of the molecule is CCCS(=O)C1=C(C(=O)O)N2C(=O)[C@@H](C(C)O)[C@@H]2S1. The van der Waals surface area contributed by atoms with Crippen molar-refractivity contribution in [2.75, 3.05) is 5.75 Å². The number of β-lactam (4-membered cyclic amide) rings is 1. The third-order valence-electron chi connectivity index (χ3n) is 3.06. The molecule has 0 bridgehead atoms. The minimum atomic E-state index is -1.40. The Morgan fingerprint density at radius 1 is 1.58 bits per heavy atom. The fourth-order valence-electron chi connectivity index (χ4n) is 2.19. The Bertz CT molecular complexity index is 487. The molecule has 2 unspecified atom stereocenters. The highest BCUT2D eigenvalue weighted by Crippen LogP contribution is 2.51. The van der Waals surface area contributed by atoms with E-state index in [1.165, 1.54) is 6.92 Å². The Kier molecular flexibility index (Phi) is 4.03. The Morgan fingerprint density at radius 3 is 2.68 bits per heavy atom. The molecule has 8 heteroatoms. The van der Waals surface area contributed by atoms with Crippen LogP contribution in [0.4, 0.5) is 0 Å². The maximum absolute atomic E-state index is 12.0. The second-order valence-corrected chi connectivity index (χ2v) is 7.37. The number of nitrogens with zero attached hydrogens (tertiary/aromatic N) is 1. The quantitative estimate of drug-likeness (QED) is 0.710. The van der Waals surface area contributed by atoms with Crippen LogP contribution in [0.3, 0.4) is 0 Å². The smallest absolute Gasteiger partial charge is 0.354 e. The van der Waals surface area contributed by atoms with Crippen molar-refractivity contribution < 1.29 is 24.0 Å². The summed E-state index contributed by atoms with van der Waals surface area (Å²) in [6.45, 7) is 3.36. The number of carbonyl (C=O) groups is 2. The first-order chi connectivity index (χ1) is 8.90. The number of aliphatic hydroxyl groups is 1. The summed E-state index contributed by atoms with van der Waals surface area (Å²) in [5, 5.41) is 18.3. The number of carbonyl (C=O) groups excluding carboxylic acids is 1. The van der Waals surface area contributed by atoms with Gasteiger partial charge in [-0.2, -0.15) is 0 Å². The van der Waals surface area contributed by atoms with Crippen LogP contribution in [-0.4, -0.2) is 48.4 Å². The molecule has 2 aliphatic rings. The number of fused-ring (bicyclic) bond motifs is 1. The summed E-state index contributed by atoms with van der Waals surface area (Å²) in [5.74, 6) is -1.90. The lowest BCUT2D eigenvalue weighted by molar-refractivity contribution is -0.156. The van der Waals surface area contributed by atoms with Crippen molar-refractivity contribution in [2.45, 2.75) is 31.7 Å². The monoisotopic (exact) mass is 305 g/mol. The van der Waals surface area contributed by atoms with Gasteiger partial charge in [0.2, 0.25) is 5.91 Å². The molecule has 2 aliphatic heterocycles. The van der Waals surface area contributed by atoms with Gasteiger partial charge in [0.25, 0.3) is 0 Å². The van der Waals surface area contributed by atoms with Crippen molar-refractivity contribution in [1.82, 2.24) is 4.90 Å². The van der Waals surface area contributed by atoms with Gasteiger partial charge in [-0.05, 0) is 13.3 Å². The highest BCUT2D eigenvalue weighted by atomic mass is 32.2. The Balaban J connectivity index is 2.32. The second kappa shape index (κ2) is 5.26. The zero-order valence-electron chi connectivity index (χ0n) is 10.5. The molecule has 0 radical (unpaired) electrons. The molecule has 1 fully saturated rings. The number of rotatable bonds is 5. The van der Waals surface area contributed by atoms with Crippen LogP contribution in [0.1, 0.15) is 20.3 Å². The number of hydrogen-bond donors (Lipinski definition) is 2. The van der Waals surface area contributed by atoms with E-state index in [0.29, 0.717) is 12.2 Å². The first kappa shape index (κ1) is 14.5. The maximum Gasteiger partial charge on any atom is 0.354 e. The second-order valence-electron chi connectivity index (χ2n) is 4.47. The molecule has 6 nitrogen and oxygen atoms in total. The lowest BCUT2D eigenvalue weighted by Crippen LogP contribution is -2.60. The van der Waals surface area contributed by atoms with Crippen molar-refractivity contribution >= 4 is 34.4 Å². The summed E-state index contributed by atoms with van der Waals surface area (Å²) in [6, 6.07) is 0. The first-order valence-corrected chi connectivity index (χ1v) is 8.13. The van der Waals surface area contributed by atoms with Crippen LogP contribution in [0.15, 0.2) is 9.93 Å². The third kappa shape index (κ3) is 2.21. The lowest BCUT2D eigenvalue weighted by atomic mass is 9.92. The molecule has 19 heavy (non-hydrogen) atoms. The summed E-state index contributed by atoms with van der Waals surface area (Å²) >= 11 is 1.13. The van der Waals surface area contributed by atoms with Crippen molar-refractivity contribution in [2.24, 2.45) is 5.92 Å². The van der Waals surface area contributed by atoms with Crippen LogP contribution in [0, 0.1) is 5.92 Å². The van der Waals surface area contributed by atoms with Gasteiger partial charge in [-0.15, -0.1) is 0 Å². The van der Waals surface area contributed by atoms with E-state index < -0.39 is 40.1 Å². The molecule has 2 N–H and O–H groups in total. The van der Waals surface area contributed by atoms with Gasteiger partial charge in [0.1, 0.15) is 9.61 Å². The molecule has 1 saturated heterocycles. The van der Waals surface area contributed by atoms with E-state index in [4.69, 9.17) is 0 Å². The number of amides is 1. The summed E-state index contributed by atoms with van der Waals surface area (Å²) in [7, 11) is -1.40. The van der Waals surface area contributed by atoms with Crippen molar-refractivity contribution in [3.8, 4) is 0 Å². The third-order valence-corrected chi connectivity index (χ3v) is 6.45. The summed E-state index contributed by atoms with van der Waals surface area (Å²) in [6.07, 6.45) is -0.169. The van der Waals surface area contributed by atoms with Crippen LogP contribution in [0.5, 0.6) is 0 Å². The van der Waals surface area contributed by atoms with Crippen LogP contribution < -0.4 is 0 Å². The summed E-state index contributed by atoms with van der Waals surface area (Å²) in [4.78, 5) is 24.3. The van der Waals surface area contributed by atoms with E-state index in [2.05, 4.69) is 0 Å². The fraction of sp³-hybridized carbons (Fsp3) is 0.636. The van der Waals surface area contributed by atoms with Crippen LogP contribution >= 0.6 is 11.8 Å². The zero-order chi connectivity index (χ0) is 14.3. The van der Waals surface area contributed by atoms with Gasteiger partial charge in [-0.25, -0.2) is 4.79 Å². The van der Waals surface area contributed by atoms with Gasteiger partial charge < -0.3 is 10.2 Å². The average Bonchev–Trinajstić information content (AvgIpc) is 2.64. The summed E-state index contributed by atoms with van der Waals surface area (Å²) in [5.41, 5.74) is -0.177. The largest absolute Gasteiger partial charge is 0.477 e. The normalized spacial score (nSPS) is 29.0. The van der Waals surface area contributed by atoms with E-state index in [0.717, 1.165) is 16.7 Å². The van der Waals surface area contributed by atoms with Gasteiger partial charge in [-0.1, -0.05) is 18.7 Å². The highest BCUT2D eigenvalue weighted by Gasteiger charge is 2.58. The molecule has 0 spiro atoms. The van der Waals surface area contributed by atoms with Crippen LogP contribution in [0.2, 0.25) is 0 Å². The van der Waals surface area contributed by atoms with Gasteiger partial charge in [0.05, 0.1) is 22.8 Å². The molecular formula is C11H15NO5S2. The first-order valence-electron chi connectivity index (χ1n) is 5.93. The number of hydrogen-bond acceptors (Lipinski definition) is 5. The number of carboxylic acids is 1. The van der Waals surface area contributed by atoms with Crippen LogP contribution in [0.25, 0.3) is 0 Å². The minimum Gasteiger partial charge on any atom is -0.477 e. The van der Waals surface area contributed by atoms with E-state index in [9.17, 15) is 24.0 Å². The maximum atomic E-state index is 12.0. The highest BCUT2D eigenvalue weighted by molar-refractivity contribution is 8.17. The van der Waals surface area contributed by atoms with E-state index in [-0.39, 0.29) is 9.93 Å². The number of carboxylic acid groups (broad SMARTS) is 1. The zero-order valence-corrected chi connectivity index (χ0v) is 12.2. The lowest BCUT2D eigenvalue weighted by Gasteiger charge is -2.43. The average molecular weight is 305 g/mol. The Labute approximate surface area is 117 Å². The fourth-order valence-corrected chi connectivity index (χ4v) is 5.44. The molecule has 2 rings (SSSR count). The molecule has 4 atom stereocenters. The number of aliphatic carboxylic acids is 1. The van der Waals surface area contributed by atoms with Crippen molar-refractivity contribution in [1.29, 1.82) is 0 Å². The number of thioether (sulfide) groups is 1. The molecular weight excluding hydrogens is 290 g/mol. The van der Waals surface area contributed by atoms with Gasteiger partial charge in [0.15, 0.2) is 5.70 Å². The summed E-state index contributed by atoms with van der Waals surface area (Å²) < 4.78 is 12.3. The minimum absolute atomic E-state index is 0.177. The Hall–Kier alpha value is -0.860. The van der Waals surface area contributed by atoms with E-state index >= 15 is 0 Å². The molecule has 0 aromatic heterocycles. The molecule has 0 saturated carbocycles. The van der Waals surface area contributed by atoms with E-state index in [1.54, 1.807) is 0 Å². The molecule has 1 amide bonds. The van der Waals surface area contributed by atoms with Gasteiger partial charge in [-0.3, -0.25) is 13.9 Å². The molecule has 0 aliphatic carbocycles.